The van der Waals surface area contributed by atoms with Gasteiger partial charge in [-0.3, -0.25) is 4.79 Å². The first-order valence-electron chi connectivity index (χ1n) is 6.80. The molecule has 0 aliphatic carbocycles. The second-order valence-electron chi connectivity index (χ2n) is 6.12. The van der Waals surface area contributed by atoms with Crippen molar-refractivity contribution < 1.29 is 4.79 Å². The third-order valence-corrected chi connectivity index (χ3v) is 2.95. The highest BCUT2D eigenvalue weighted by Crippen LogP contribution is 2.17. The largest absolute Gasteiger partial charge is 0.342 e. The van der Waals surface area contributed by atoms with E-state index < -0.39 is 0 Å². The van der Waals surface area contributed by atoms with E-state index in [1.54, 1.807) is 0 Å². The van der Waals surface area contributed by atoms with Crippen LogP contribution in [0.1, 0.15) is 53.9 Å². The van der Waals surface area contributed by atoms with Crippen LogP contribution >= 0.6 is 0 Å². The molecular formula is C14H30N2O. The van der Waals surface area contributed by atoms with Crippen LogP contribution in [0.5, 0.6) is 0 Å². The Morgan fingerprint density at radius 1 is 1.35 bits per heavy atom. The molecule has 0 radical (unpaired) electrons. The van der Waals surface area contributed by atoms with Crippen molar-refractivity contribution in [3.8, 4) is 0 Å². The Labute approximate surface area is 107 Å². The zero-order valence-electron chi connectivity index (χ0n) is 12.3. The third-order valence-electron chi connectivity index (χ3n) is 2.95. The molecule has 0 heterocycles. The van der Waals surface area contributed by atoms with Gasteiger partial charge in [0.2, 0.25) is 5.91 Å². The molecule has 0 unspecified atom stereocenters. The molecule has 0 fully saturated rings. The molecular weight excluding hydrogens is 212 g/mol. The lowest BCUT2D eigenvalue weighted by atomic mass is 9.92. The van der Waals surface area contributed by atoms with Gasteiger partial charge in [0, 0.05) is 19.5 Å². The number of hydrogen-bond acceptors (Lipinski definition) is 2. The zero-order chi connectivity index (χ0) is 13.5. The number of nitrogens with two attached hydrogens (primary N) is 1. The van der Waals surface area contributed by atoms with Crippen LogP contribution in [0.15, 0.2) is 0 Å². The van der Waals surface area contributed by atoms with Gasteiger partial charge in [0.05, 0.1) is 0 Å². The van der Waals surface area contributed by atoms with E-state index >= 15 is 0 Å². The van der Waals surface area contributed by atoms with E-state index in [4.69, 9.17) is 5.73 Å². The molecule has 0 saturated carbocycles. The number of hydrogen-bond donors (Lipinski definition) is 1. The molecule has 17 heavy (non-hydrogen) atoms. The van der Waals surface area contributed by atoms with Gasteiger partial charge in [0.1, 0.15) is 0 Å². The van der Waals surface area contributed by atoms with Gasteiger partial charge in [-0.15, -0.1) is 0 Å². The van der Waals surface area contributed by atoms with Crippen molar-refractivity contribution in [2.75, 3.05) is 19.6 Å². The fourth-order valence-corrected chi connectivity index (χ4v) is 1.71. The molecule has 3 nitrogen and oxygen atoms in total. The van der Waals surface area contributed by atoms with Crippen molar-refractivity contribution in [3.05, 3.63) is 0 Å². The van der Waals surface area contributed by atoms with Crippen LogP contribution in [0, 0.1) is 11.3 Å². The summed E-state index contributed by atoms with van der Waals surface area (Å²) in [6.07, 6.45) is 2.65. The molecule has 0 aromatic rings. The number of nitrogens with zero attached hydrogens (tertiary/aromatic N) is 1. The van der Waals surface area contributed by atoms with Crippen LogP contribution in [0.2, 0.25) is 0 Å². The average Bonchev–Trinajstić information content (AvgIpc) is 2.25. The summed E-state index contributed by atoms with van der Waals surface area (Å²) in [5.41, 5.74) is 5.75. The van der Waals surface area contributed by atoms with E-state index in [1.807, 2.05) is 4.90 Å². The highest BCUT2D eigenvalue weighted by atomic mass is 16.2. The first-order valence-corrected chi connectivity index (χ1v) is 6.80. The van der Waals surface area contributed by atoms with Gasteiger partial charge in [0.15, 0.2) is 0 Å². The van der Waals surface area contributed by atoms with Crippen molar-refractivity contribution in [1.82, 2.24) is 4.90 Å². The summed E-state index contributed by atoms with van der Waals surface area (Å²) in [4.78, 5) is 14.1. The summed E-state index contributed by atoms with van der Waals surface area (Å²) in [5, 5.41) is 0. The highest BCUT2D eigenvalue weighted by molar-refractivity contribution is 5.76. The lowest BCUT2D eigenvalue weighted by molar-refractivity contribution is -0.132. The smallest absolute Gasteiger partial charge is 0.222 e. The fourth-order valence-electron chi connectivity index (χ4n) is 1.71. The summed E-state index contributed by atoms with van der Waals surface area (Å²) < 4.78 is 0. The van der Waals surface area contributed by atoms with Crippen LogP contribution in [-0.4, -0.2) is 30.4 Å². The molecule has 0 aliphatic heterocycles. The number of carbonyl (C=O) groups excluding carboxylic acids is 1. The van der Waals surface area contributed by atoms with E-state index in [0.29, 0.717) is 18.9 Å². The molecule has 0 rings (SSSR count). The Bertz CT molecular complexity index is 224. The van der Waals surface area contributed by atoms with Crippen molar-refractivity contribution in [2.24, 2.45) is 17.1 Å². The Kier molecular flexibility index (Phi) is 7.44. The monoisotopic (exact) mass is 242 g/mol. The average molecular weight is 242 g/mol. The molecule has 0 aromatic heterocycles. The predicted molar refractivity (Wildman–Crippen MR) is 73.8 cm³/mol. The quantitative estimate of drug-likeness (QED) is 0.711. The standard InChI is InChI=1S/C14H30N2O/c1-6-9-16(11-14(4,5)10-15)13(17)8-7-12(2)3/h12H,6-11,15H2,1-5H3. The van der Waals surface area contributed by atoms with Crippen LogP contribution in [0.3, 0.4) is 0 Å². The zero-order valence-corrected chi connectivity index (χ0v) is 12.3. The molecule has 0 spiro atoms. The van der Waals surface area contributed by atoms with E-state index in [2.05, 4.69) is 34.6 Å². The van der Waals surface area contributed by atoms with Crippen molar-refractivity contribution in [1.29, 1.82) is 0 Å². The molecule has 0 atom stereocenters. The van der Waals surface area contributed by atoms with Crippen LogP contribution in [-0.2, 0) is 4.79 Å². The van der Waals surface area contributed by atoms with Gasteiger partial charge >= 0.3 is 0 Å². The minimum absolute atomic E-state index is 0.0165. The molecule has 3 heteroatoms. The third kappa shape index (κ3) is 7.37. The summed E-state index contributed by atoms with van der Waals surface area (Å²) in [6, 6.07) is 0. The first-order chi connectivity index (χ1) is 7.82. The maximum atomic E-state index is 12.1. The van der Waals surface area contributed by atoms with Gasteiger partial charge in [-0.2, -0.15) is 0 Å². The van der Waals surface area contributed by atoms with Gasteiger partial charge in [-0.25, -0.2) is 0 Å². The summed E-state index contributed by atoms with van der Waals surface area (Å²) in [6.45, 7) is 12.9. The summed E-state index contributed by atoms with van der Waals surface area (Å²) in [5.74, 6) is 0.868. The Morgan fingerprint density at radius 2 is 1.94 bits per heavy atom. The second kappa shape index (κ2) is 7.70. The fraction of sp³-hybridized carbons (Fsp3) is 0.929. The number of amides is 1. The van der Waals surface area contributed by atoms with E-state index in [9.17, 15) is 4.79 Å². The van der Waals surface area contributed by atoms with Crippen molar-refractivity contribution in [2.45, 2.75) is 53.9 Å². The SMILES string of the molecule is CCCN(CC(C)(C)CN)C(=O)CCC(C)C. The molecule has 0 bridgehead atoms. The molecule has 0 aliphatic rings. The lowest BCUT2D eigenvalue weighted by Gasteiger charge is -2.32. The van der Waals surface area contributed by atoms with Crippen LogP contribution in [0.25, 0.3) is 0 Å². The molecule has 1 amide bonds. The van der Waals surface area contributed by atoms with Crippen LogP contribution in [0.4, 0.5) is 0 Å². The molecule has 2 N–H and O–H groups in total. The topological polar surface area (TPSA) is 46.3 Å². The maximum absolute atomic E-state index is 12.1. The van der Waals surface area contributed by atoms with Gasteiger partial charge in [-0.1, -0.05) is 34.6 Å². The molecule has 102 valence electrons. The molecule has 0 saturated heterocycles. The molecule has 0 aromatic carbocycles. The van der Waals surface area contributed by atoms with Gasteiger partial charge in [0.25, 0.3) is 0 Å². The minimum Gasteiger partial charge on any atom is -0.342 e. The first kappa shape index (κ1) is 16.4. The summed E-state index contributed by atoms with van der Waals surface area (Å²) in [7, 11) is 0. The van der Waals surface area contributed by atoms with Crippen LogP contribution < -0.4 is 5.73 Å². The Hall–Kier alpha value is -0.570. The normalized spacial score (nSPS) is 11.9. The lowest BCUT2D eigenvalue weighted by Crippen LogP contribution is -2.42. The van der Waals surface area contributed by atoms with Crippen molar-refractivity contribution in [3.63, 3.8) is 0 Å². The Balaban J connectivity index is 4.35. The second-order valence-corrected chi connectivity index (χ2v) is 6.12. The number of carbonyl (C=O) groups is 1. The predicted octanol–water partition coefficient (Wildman–Crippen LogP) is 2.65. The van der Waals surface area contributed by atoms with Crippen molar-refractivity contribution >= 4 is 5.91 Å². The maximum Gasteiger partial charge on any atom is 0.222 e. The number of rotatable bonds is 8. The minimum atomic E-state index is 0.0165. The van der Waals surface area contributed by atoms with E-state index in [-0.39, 0.29) is 11.3 Å². The van der Waals surface area contributed by atoms with Gasteiger partial charge in [-0.05, 0) is 30.7 Å². The highest BCUT2D eigenvalue weighted by Gasteiger charge is 2.23. The van der Waals surface area contributed by atoms with E-state index in [1.165, 1.54) is 0 Å². The van der Waals surface area contributed by atoms with Gasteiger partial charge < -0.3 is 10.6 Å². The summed E-state index contributed by atoms with van der Waals surface area (Å²) >= 11 is 0. The Morgan fingerprint density at radius 3 is 2.35 bits per heavy atom. The van der Waals surface area contributed by atoms with E-state index in [0.717, 1.165) is 25.9 Å².